The van der Waals surface area contributed by atoms with Gasteiger partial charge in [0, 0.05) is 18.9 Å². The molecule has 0 unspecified atom stereocenters. The van der Waals surface area contributed by atoms with Crippen LogP contribution in [0.4, 0.5) is 8.78 Å². The molecule has 3 rings (SSSR count). The fourth-order valence-electron chi connectivity index (χ4n) is 2.75. The van der Waals surface area contributed by atoms with Gasteiger partial charge in [0.05, 0.1) is 5.54 Å². The number of benzene rings is 1. The fourth-order valence-corrected chi connectivity index (χ4v) is 2.75. The highest BCUT2D eigenvalue weighted by atomic mass is 19.1. The molecule has 23 heavy (non-hydrogen) atoms. The summed E-state index contributed by atoms with van der Waals surface area (Å²) in [5.74, 6) is -0.743. The van der Waals surface area contributed by atoms with Crippen molar-refractivity contribution < 1.29 is 18.1 Å². The number of amides is 1. The van der Waals surface area contributed by atoms with E-state index < -0.39 is 17.2 Å². The van der Waals surface area contributed by atoms with Gasteiger partial charge in [0.2, 0.25) is 11.8 Å². The monoisotopic (exact) mass is 321 g/mol. The first-order valence-electron chi connectivity index (χ1n) is 7.35. The fraction of sp³-hybridized carbons (Fsp3) is 0.438. The Balaban J connectivity index is 1.77. The zero-order chi connectivity index (χ0) is 16.8. The number of aromatic nitrogens is 2. The van der Waals surface area contributed by atoms with Gasteiger partial charge in [0.25, 0.3) is 0 Å². The topological polar surface area (TPSA) is 68.0 Å². The zero-order valence-corrected chi connectivity index (χ0v) is 13.1. The maximum atomic E-state index is 13.8. The standard InChI is InChI=1S/C16H17F2N3O2/c1-8(22)20-16(2,3)15-19-14(23-21-15)12-7-11(12)10-5-4-9(17)6-13(10)18/h4-6,11-12H,7H2,1-3H3,(H,20,22)/t11-,12+/m0/s1. The van der Waals surface area contributed by atoms with Gasteiger partial charge in [-0.3, -0.25) is 4.79 Å². The van der Waals surface area contributed by atoms with Crippen molar-refractivity contribution in [1.29, 1.82) is 0 Å². The lowest BCUT2D eigenvalue weighted by molar-refractivity contribution is -0.120. The zero-order valence-electron chi connectivity index (χ0n) is 13.1. The molecule has 1 saturated carbocycles. The SMILES string of the molecule is CC(=O)NC(C)(C)c1noc([C@@H]2C[C@H]2c2ccc(F)cc2F)n1. The minimum absolute atomic E-state index is 0.0793. The Kier molecular flexibility index (Phi) is 3.66. The second-order valence-electron chi connectivity index (χ2n) is 6.38. The summed E-state index contributed by atoms with van der Waals surface area (Å²) in [6, 6.07) is 3.57. The van der Waals surface area contributed by atoms with E-state index in [0.717, 1.165) is 6.07 Å². The molecule has 7 heteroatoms. The lowest BCUT2D eigenvalue weighted by Crippen LogP contribution is -2.40. The van der Waals surface area contributed by atoms with E-state index in [-0.39, 0.29) is 17.7 Å². The van der Waals surface area contributed by atoms with Crippen LogP contribution in [0.25, 0.3) is 0 Å². The molecular formula is C16H17F2N3O2. The molecule has 1 fully saturated rings. The number of hydrogen-bond donors (Lipinski definition) is 1. The summed E-state index contributed by atoms with van der Waals surface area (Å²) in [6.45, 7) is 4.96. The molecule has 0 radical (unpaired) electrons. The van der Waals surface area contributed by atoms with Crippen LogP contribution in [0, 0.1) is 11.6 Å². The Bertz CT molecular complexity index is 758. The van der Waals surface area contributed by atoms with Crippen molar-refractivity contribution in [1.82, 2.24) is 15.5 Å². The lowest BCUT2D eigenvalue weighted by Gasteiger charge is -2.20. The molecule has 0 saturated heterocycles. The van der Waals surface area contributed by atoms with Crippen molar-refractivity contribution in [3.05, 3.63) is 47.1 Å². The third-order valence-corrected chi connectivity index (χ3v) is 3.96. The van der Waals surface area contributed by atoms with Crippen molar-refractivity contribution in [3.63, 3.8) is 0 Å². The molecule has 0 bridgehead atoms. The van der Waals surface area contributed by atoms with Gasteiger partial charge in [-0.05, 0) is 37.8 Å². The summed E-state index contributed by atoms with van der Waals surface area (Å²) >= 11 is 0. The summed E-state index contributed by atoms with van der Waals surface area (Å²) in [6.07, 6.45) is 0.671. The Hall–Kier alpha value is -2.31. The summed E-state index contributed by atoms with van der Waals surface area (Å²) in [5, 5.41) is 6.65. The maximum Gasteiger partial charge on any atom is 0.230 e. The number of carbonyl (C=O) groups is 1. The third-order valence-electron chi connectivity index (χ3n) is 3.96. The molecule has 1 aliphatic carbocycles. The highest BCUT2D eigenvalue weighted by molar-refractivity contribution is 5.73. The van der Waals surface area contributed by atoms with Crippen LogP contribution in [0.2, 0.25) is 0 Å². The van der Waals surface area contributed by atoms with Gasteiger partial charge < -0.3 is 9.84 Å². The minimum atomic E-state index is -0.751. The first-order chi connectivity index (χ1) is 10.8. The molecular weight excluding hydrogens is 304 g/mol. The average Bonchev–Trinajstić information content (AvgIpc) is 3.04. The van der Waals surface area contributed by atoms with E-state index in [1.54, 1.807) is 13.8 Å². The van der Waals surface area contributed by atoms with Crippen LogP contribution in [0.1, 0.15) is 56.3 Å². The molecule has 0 aliphatic heterocycles. The second kappa shape index (κ2) is 5.40. The quantitative estimate of drug-likeness (QED) is 0.940. The summed E-state index contributed by atoms with van der Waals surface area (Å²) in [7, 11) is 0. The molecule has 1 heterocycles. The first kappa shape index (κ1) is 15.6. The van der Waals surface area contributed by atoms with E-state index in [9.17, 15) is 13.6 Å². The molecule has 122 valence electrons. The normalized spacial score (nSPS) is 20.4. The van der Waals surface area contributed by atoms with Gasteiger partial charge in [0.1, 0.15) is 11.6 Å². The van der Waals surface area contributed by atoms with E-state index in [1.165, 1.54) is 19.1 Å². The number of halogens is 2. The average molecular weight is 321 g/mol. The van der Waals surface area contributed by atoms with Crippen molar-refractivity contribution in [2.75, 3.05) is 0 Å². The minimum Gasteiger partial charge on any atom is -0.344 e. The molecule has 0 spiro atoms. The van der Waals surface area contributed by atoms with Crippen LogP contribution in [-0.4, -0.2) is 16.0 Å². The summed E-state index contributed by atoms with van der Waals surface area (Å²) < 4.78 is 32.1. The Morgan fingerprint density at radius 1 is 1.35 bits per heavy atom. The van der Waals surface area contributed by atoms with E-state index in [1.807, 2.05) is 0 Å². The molecule has 1 aromatic heterocycles. The highest BCUT2D eigenvalue weighted by Crippen LogP contribution is 2.54. The van der Waals surface area contributed by atoms with Crippen LogP contribution >= 0.6 is 0 Å². The highest BCUT2D eigenvalue weighted by Gasteiger charge is 2.45. The largest absolute Gasteiger partial charge is 0.344 e. The maximum absolute atomic E-state index is 13.8. The van der Waals surface area contributed by atoms with Crippen LogP contribution in [-0.2, 0) is 10.3 Å². The van der Waals surface area contributed by atoms with Crippen molar-refractivity contribution in [2.45, 2.75) is 44.6 Å². The number of nitrogens with one attached hydrogen (secondary N) is 1. The predicted octanol–water partition coefficient (Wildman–Crippen LogP) is 2.99. The van der Waals surface area contributed by atoms with Crippen molar-refractivity contribution in [3.8, 4) is 0 Å². The van der Waals surface area contributed by atoms with E-state index in [0.29, 0.717) is 23.7 Å². The van der Waals surface area contributed by atoms with Crippen LogP contribution in [0.15, 0.2) is 22.7 Å². The van der Waals surface area contributed by atoms with Crippen LogP contribution in [0.3, 0.4) is 0 Å². The molecule has 1 aromatic carbocycles. The van der Waals surface area contributed by atoms with Crippen LogP contribution < -0.4 is 5.32 Å². The number of nitrogens with zero attached hydrogens (tertiary/aromatic N) is 2. The van der Waals surface area contributed by atoms with Crippen LogP contribution in [0.5, 0.6) is 0 Å². The lowest BCUT2D eigenvalue weighted by atomic mass is 10.1. The van der Waals surface area contributed by atoms with E-state index in [2.05, 4.69) is 15.5 Å². The van der Waals surface area contributed by atoms with Gasteiger partial charge in [-0.2, -0.15) is 4.98 Å². The van der Waals surface area contributed by atoms with Gasteiger partial charge in [0.15, 0.2) is 5.82 Å². The van der Waals surface area contributed by atoms with Gasteiger partial charge in [-0.25, -0.2) is 8.78 Å². The number of rotatable bonds is 4. The molecule has 2 aromatic rings. The molecule has 2 atom stereocenters. The van der Waals surface area contributed by atoms with Gasteiger partial charge >= 0.3 is 0 Å². The molecule has 1 amide bonds. The smallest absolute Gasteiger partial charge is 0.230 e. The molecule has 1 aliphatic rings. The van der Waals surface area contributed by atoms with Gasteiger partial charge in [-0.1, -0.05) is 11.2 Å². The Morgan fingerprint density at radius 2 is 2.09 bits per heavy atom. The van der Waals surface area contributed by atoms with Crippen molar-refractivity contribution >= 4 is 5.91 Å². The predicted molar refractivity (Wildman–Crippen MR) is 77.6 cm³/mol. The first-order valence-corrected chi connectivity index (χ1v) is 7.35. The second-order valence-corrected chi connectivity index (χ2v) is 6.38. The van der Waals surface area contributed by atoms with E-state index >= 15 is 0 Å². The third kappa shape index (κ3) is 3.09. The molecule has 1 N–H and O–H groups in total. The summed E-state index contributed by atoms with van der Waals surface area (Å²) in [5.41, 5.74) is -0.295. The van der Waals surface area contributed by atoms with E-state index in [4.69, 9.17) is 4.52 Å². The number of carbonyl (C=O) groups excluding carboxylic acids is 1. The van der Waals surface area contributed by atoms with Crippen molar-refractivity contribution in [2.24, 2.45) is 0 Å². The Labute approximate surface area is 132 Å². The number of hydrogen-bond acceptors (Lipinski definition) is 4. The Morgan fingerprint density at radius 3 is 2.74 bits per heavy atom. The summed E-state index contributed by atoms with van der Waals surface area (Å²) in [4.78, 5) is 15.5. The van der Waals surface area contributed by atoms with Gasteiger partial charge in [-0.15, -0.1) is 0 Å². The molecule has 5 nitrogen and oxygen atoms in total.